The van der Waals surface area contributed by atoms with Crippen LogP contribution in [-0.2, 0) is 9.59 Å². The van der Waals surface area contributed by atoms with E-state index in [-0.39, 0.29) is 16.9 Å². The second-order valence-electron chi connectivity index (χ2n) is 5.78. The normalized spacial score (nSPS) is 24.6. The summed E-state index contributed by atoms with van der Waals surface area (Å²) in [4.78, 5) is 34.0. The van der Waals surface area contributed by atoms with Crippen molar-refractivity contribution in [2.45, 2.75) is 24.6 Å². The van der Waals surface area contributed by atoms with Gasteiger partial charge >= 0.3 is 18.1 Å². The molecule has 3 rings (SSSR count). The number of nitro groups is 1. The van der Waals surface area contributed by atoms with Crippen molar-refractivity contribution in [1.82, 2.24) is 0 Å². The van der Waals surface area contributed by atoms with Gasteiger partial charge < -0.3 is 5.11 Å². The predicted octanol–water partition coefficient (Wildman–Crippen LogP) is 2.62. The first-order valence-electron chi connectivity index (χ1n) is 7.21. The minimum Gasteiger partial charge on any atom is -0.480 e. The Morgan fingerprint density at radius 2 is 2.00 bits per heavy atom. The van der Waals surface area contributed by atoms with E-state index in [1.165, 1.54) is 12.1 Å². The first-order valence-corrected chi connectivity index (χ1v) is 7.21. The van der Waals surface area contributed by atoms with Gasteiger partial charge in [0.05, 0.1) is 4.92 Å². The molecule has 10 heteroatoms. The second kappa shape index (κ2) is 5.57. The van der Waals surface area contributed by atoms with Gasteiger partial charge in [-0.3, -0.25) is 19.8 Å². The van der Waals surface area contributed by atoms with Crippen molar-refractivity contribution in [1.29, 1.82) is 0 Å². The molecule has 1 amide bonds. The molecule has 1 heterocycles. The number of nitro benzene ring substituents is 1. The van der Waals surface area contributed by atoms with Crippen molar-refractivity contribution >= 4 is 23.3 Å². The molecular formula is C15H11F3N2O5. The Morgan fingerprint density at radius 3 is 2.56 bits per heavy atom. The molecule has 0 saturated heterocycles. The lowest BCUT2D eigenvalue weighted by Crippen LogP contribution is -2.57. The molecule has 0 aromatic heterocycles. The molecule has 1 aromatic rings. The summed E-state index contributed by atoms with van der Waals surface area (Å²) in [5.74, 6) is -5.49. The Hall–Kier alpha value is -2.91. The minimum absolute atomic E-state index is 0.0317. The number of hydrogen-bond acceptors (Lipinski definition) is 4. The highest BCUT2D eigenvalue weighted by Crippen LogP contribution is 2.51. The Bertz CT molecular complexity index is 805. The van der Waals surface area contributed by atoms with Crippen molar-refractivity contribution in [3.63, 3.8) is 0 Å². The zero-order chi connectivity index (χ0) is 18.5. The zero-order valence-corrected chi connectivity index (χ0v) is 12.4. The van der Waals surface area contributed by atoms with E-state index in [0.29, 0.717) is 0 Å². The molecule has 0 bridgehead atoms. The molecule has 2 aliphatic rings. The van der Waals surface area contributed by atoms with Crippen LogP contribution in [0.15, 0.2) is 30.4 Å². The number of fused-ring (bicyclic) bond motifs is 3. The molecule has 0 unspecified atom stereocenters. The number of aliphatic carboxylic acids is 1. The van der Waals surface area contributed by atoms with Gasteiger partial charge in [0.2, 0.25) is 0 Å². The van der Waals surface area contributed by atoms with Gasteiger partial charge in [0.15, 0.2) is 0 Å². The number of alkyl halides is 3. The molecule has 132 valence electrons. The highest BCUT2D eigenvalue weighted by atomic mass is 19.4. The maximum absolute atomic E-state index is 13.1. The van der Waals surface area contributed by atoms with Crippen LogP contribution in [0.2, 0.25) is 0 Å². The molecular weight excluding hydrogens is 345 g/mol. The van der Waals surface area contributed by atoms with Crippen molar-refractivity contribution in [2.24, 2.45) is 5.92 Å². The van der Waals surface area contributed by atoms with Crippen LogP contribution in [0.3, 0.4) is 0 Å². The number of halogens is 3. The third-order valence-corrected chi connectivity index (χ3v) is 4.45. The predicted molar refractivity (Wildman–Crippen MR) is 78.0 cm³/mol. The van der Waals surface area contributed by atoms with Gasteiger partial charge in [0.25, 0.3) is 5.69 Å². The Kier molecular flexibility index (Phi) is 3.77. The number of benzene rings is 1. The number of carboxylic acid groups (broad SMARTS) is 1. The van der Waals surface area contributed by atoms with E-state index in [0.717, 1.165) is 6.07 Å². The molecule has 0 spiro atoms. The van der Waals surface area contributed by atoms with Crippen LogP contribution in [-0.4, -0.2) is 34.1 Å². The minimum atomic E-state index is -5.37. The third kappa shape index (κ3) is 2.53. The first kappa shape index (κ1) is 16.9. The van der Waals surface area contributed by atoms with Crippen LogP contribution in [0, 0.1) is 16.0 Å². The molecule has 1 aromatic carbocycles. The van der Waals surface area contributed by atoms with E-state index >= 15 is 0 Å². The van der Waals surface area contributed by atoms with Crippen LogP contribution < -0.4 is 4.90 Å². The van der Waals surface area contributed by atoms with E-state index in [4.69, 9.17) is 0 Å². The number of carboxylic acids is 1. The second-order valence-corrected chi connectivity index (χ2v) is 5.78. The molecule has 0 saturated carbocycles. The number of rotatable bonds is 2. The molecule has 1 aliphatic heterocycles. The largest absolute Gasteiger partial charge is 0.480 e. The molecule has 1 N–H and O–H groups in total. The lowest BCUT2D eigenvalue weighted by atomic mass is 9.77. The Labute approximate surface area is 138 Å². The fourth-order valence-electron chi connectivity index (χ4n) is 3.55. The monoisotopic (exact) mass is 356 g/mol. The van der Waals surface area contributed by atoms with Gasteiger partial charge in [-0.2, -0.15) is 13.2 Å². The van der Waals surface area contributed by atoms with Gasteiger partial charge in [-0.1, -0.05) is 24.3 Å². The van der Waals surface area contributed by atoms with Gasteiger partial charge in [-0.15, -0.1) is 0 Å². The lowest BCUT2D eigenvalue weighted by molar-refractivity contribution is -0.384. The number of para-hydroxylation sites is 1. The Morgan fingerprint density at radius 1 is 1.32 bits per heavy atom. The van der Waals surface area contributed by atoms with E-state index in [2.05, 4.69) is 0 Å². The summed E-state index contributed by atoms with van der Waals surface area (Å²) in [6.07, 6.45) is -1.99. The first-order chi connectivity index (χ1) is 11.6. The fourth-order valence-corrected chi connectivity index (χ4v) is 3.55. The number of hydrogen-bond donors (Lipinski definition) is 1. The Balaban J connectivity index is 2.31. The van der Waals surface area contributed by atoms with Crippen molar-refractivity contribution < 1.29 is 32.8 Å². The molecule has 25 heavy (non-hydrogen) atoms. The van der Waals surface area contributed by atoms with E-state index in [9.17, 15) is 38.0 Å². The third-order valence-electron chi connectivity index (χ3n) is 4.45. The van der Waals surface area contributed by atoms with Crippen molar-refractivity contribution in [3.8, 4) is 0 Å². The molecule has 0 fully saturated rings. The van der Waals surface area contributed by atoms with Crippen LogP contribution >= 0.6 is 0 Å². The number of carbonyl (C=O) groups is 2. The van der Waals surface area contributed by atoms with Gasteiger partial charge in [0, 0.05) is 17.9 Å². The average Bonchev–Trinajstić information content (AvgIpc) is 3.00. The molecule has 0 radical (unpaired) electrons. The van der Waals surface area contributed by atoms with Crippen molar-refractivity contribution in [2.75, 3.05) is 4.90 Å². The number of anilines is 1. The van der Waals surface area contributed by atoms with E-state index in [1.807, 2.05) is 0 Å². The lowest BCUT2D eigenvalue weighted by Gasteiger charge is -2.41. The quantitative estimate of drug-likeness (QED) is 0.499. The summed E-state index contributed by atoms with van der Waals surface area (Å²) in [6, 6.07) is 1.79. The number of nitrogens with zero attached hydrogens (tertiary/aromatic N) is 2. The fraction of sp³-hybridized carbons (Fsp3) is 0.333. The van der Waals surface area contributed by atoms with Gasteiger partial charge in [-0.05, 0) is 12.0 Å². The summed E-state index contributed by atoms with van der Waals surface area (Å²) in [6.45, 7) is 0. The molecule has 7 nitrogen and oxygen atoms in total. The summed E-state index contributed by atoms with van der Waals surface area (Å²) < 4.78 is 39.2. The average molecular weight is 356 g/mol. The van der Waals surface area contributed by atoms with Gasteiger partial charge in [0.1, 0.15) is 11.7 Å². The maximum Gasteiger partial charge on any atom is 0.471 e. The van der Waals surface area contributed by atoms with Crippen LogP contribution in [0.4, 0.5) is 24.5 Å². The zero-order valence-electron chi connectivity index (χ0n) is 12.4. The summed E-state index contributed by atoms with van der Waals surface area (Å²) in [5, 5.41) is 20.7. The highest BCUT2D eigenvalue weighted by molar-refractivity contribution is 6.05. The highest BCUT2D eigenvalue weighted by Gasteiger charge is 2.55. The van der Waals surface area contributed by atoms with Crippen LogP contribution in [0.1, 0.15) is 17.9 Å². The topological polar surface area (TPSA) is 101 Å². The molecule has 1 aliphatic carbocycles. The standard InChI is InChI=1S/C15H11F3N2O5/c16-15(17,18)14(23)19-11-8(5-2-6-10(11)20(24)25)7-3-1-4-9(7)12(19)13(21)22/h1-3,5-7,9,12H,4H2,(H,21,22)/t7-,9-,12+/m1/s1. The summed E-state index contributed by atoms with van der Waals surface area (Å²) in [5.41, 5.74) is -1.20. The molecule has 3 atom stereocenters. The SMILES string of the molecule is O=C(O)[C@@H]1[C@@H]2CC=C[C@@H]2c2cccc([N+](=O)[O-])c2N1C(=O)C(F)(F)F. The van der Waals surface area contributed by atoms with Crippen LogP contribution in [0.25, 0.3) is 0 Å². The maximum atomic E-state index is 13.1. The van der Waals surface area contributed by atoms with E-state index in [1.54, 1.807) is 12.2 Å². The van der Waals surface area contributed by atoms with Crippen molar-refractivity contribution in [3.05, 3.63) is 46.0 Å². The number of amides is 1. The smallest absolute Gasteiger partial charge is 0.471 e. The summed E-state index contributed by atoms with van der Waals surface area (Å²) >= 11 is 0. The number of allylic oxidation sites excluding steroid dienone is 2. The van der Waals surface area contributed by atoms with Gasteiger partial charge in [-0.25, -0.2) is 4.79 Å². The summed E-state index contributed by atoms with van der Waals surface area (Å²) in [7, 11) is 0. The van der Waals surface area contributed by atoms with E-state index < -0.39 is 52.2 Å². The van der Waals surface area contributed by atoms with Crippen LogP contribution in [0.5, 0.6) is 0 Å². The number of carbonyl (C=O) groups excluding carboxylic acids is 1.